The maximum absolute atomic E-state index is 12.5. The van der Waals surface area contributed by atoms with E-state index in [-0.39, 0.29) is 18.3 Å². The fraction of sp³-hybridized carbons (Fsp3) is 0.278. The monoisotopic (exact) mass is 418 g/mol. The van der Waals surface area contributed by atoms with E-state index in [2.05, 4.69) is 26.1 Å². The summed E-state index contributed by atoms with van der Waals surface area (Å²) in [6.45, 7) is 2.46. The molecule has 0 saturated carbocycles. The second-order valence-electron chi connectivity index (χ2n) is 5.89. The maximum Gasteiger partial charge on any atom is 0.289 e. The van der Waals surface area contributed by atoms with Crippen molar-refractivity contribution < 1.29 is 13.9 Å². The van der Waals surface area contributed by atoms with Gasteiger partial charge < -0.3 is 18.6 Å². The van der Waals surface area contributed by atoms with Gasteiger partial charge in [0.25, 0.3) is 5.91 Å². The maximum atomic E-state index is 12.5. The summed E-state index contributed by atoms with van der Waals surface area (Å²) < 4.78 is 14.1. The lowest BCUT2D eigenvalue weighted by atomic mass is 10.3. The number of hydrogen-bond acceptors (Lipinski definition) is 5. The van der Waals surface area contributed by atoms with E-state index in [1.807, 2.05) is 42.8 Å². The molecule has 136 valence electrons. The smallest absolute Gasteiger partial charge is 0.289 e. The van der Waals surface area contributed by atoms with Crippen LogP contribution in [0.1, 0.15) is 28.0 Å². The van der Waals surface area contributed by atoms with Crippen LogP contribution in [0, 0.1) is 6.92 Å². The van der Waals surface area contributed by atoms with Crippen molar-refractivity contribution >= 4 is 21.8 Å². The van der Waals surface area contributed by atoms with E-state index < -0.39 is 0 Å². The molecule has 1 aromatic carbocycles. The van der Waals surface area contributed by atoms with Crippen LogP contribution in [0.3, 0.4) is 0 Å². The van der Waals surface area contributed by atoms with Crippen LogP contribution in [0.5, 0.6) is 5.75 Å². The molecule has 2 aromatic heterocycles. The molecule has 1 amide bonds. The minimum Gasteiger partial charge on any atom is -0.486 e. The predicted octanol–water partition coefficient (Wildman–Crippen LogP) is 3.33. The van der Waals surface area contributed by atoms with Gasteiger partial charge in [-0.25, -0.2) is 0 Å². The van der Waals surface area contributed by atoms with Gasteiger partial charge in [-0.2, -0.15) is 0 Å². The third-order valence-electron chi connectivity index (χ3n) is 3.98. The van der Waals surface area contributed by atoms with Crippen LogP contribution < -0.4 is 4.74 Å². The Labute approximate surface area is 159 Å². The van der Waals surface area contributed by atoms with Gasteiger partial charge in [0, 0.05) is 18.6 Å². The summed E-state index contributed by atoms with van der Waals surface area (Å²) >= 11 is 3.38. The molecule has 0 N–H and O–H groups in total. The third-order valence-corrected chi connectivity index (χ3v) is 4.50. The molecule has 7 nitrogen and oxygen atoms in total. The summed E-state index contributed by atoms with van der Waals surface area (Å²) in [5, 5.41) is 8.07. The van der Waals surface area contributed by atoms with Crippen molar-refractivity contribution in [2.24, 2.45) is 7.05 Å². The molecular formula is C18H19BrN4O3. The summed E-state index contributed by atoms with van der Waals surface area (Å²) in [6, 6.07) is 10.9. The zero-order chi connectivity index (χ0) is 18.7. The average molecular weight is 419 g/mol. The van der Waals surface area contributed by atoms with Gasteiger partial charge in [-0.15, -0.1) is 10.2 Å². The Morgan fingerprint density at radius 1 is 1.23 bits per heavy atom. The van der Waals surface area contributed by atoms with Gasteiger partial charge in [-0.1, -0.05) is 15.9 Å². The summed E-state index contributed by atoms with van der Waals surface area (Å²) in [7, 11) is 3.57. The van der Waals surface area contributed by atoms with Gasteiger partial charge in [-0.05, 0) is 43.3 Å². The Morgan fingerprint density at radius 2 is 1.96 bits per heavy atom. The van der Waals surface area contributed by atoms with Crippen LogP contribution in [0.2, 0.25) is 0 Å². The minimum atomic E-state index is -0.222. The first kappa shape index (κ1) is 18.2. The molecule has 3 rings (SSSR count). The molecule has 8 heteroatoms. The zero-order valence-corrected chi connectivity index (χ0v) is 16.4. The quantitative estimate of drug-likeness (QED) is 0.613. The summed E-state index contributed by atoms with van der Waals surface area (Å²) in [4.78, 5) is 14.1. The Morgan fingerprint density at radius 3 is 2.62 bits per heavy atom. The van der Waals surface area contributed by atoms with E-state index in [1.54, 1.807) is 24.1 Å². The summed E-state index contributed by atoms with van der Waals surface area (Å²) in [5.74, 6) is 2.86. The largest absolute Gasteiger partial charge is 0.486 e. The number of furan rings is 1. The Kier molecular flexibility index (Phi) is 5.41. The first-order valence-electron chi connectivity index (χ1n) is 8.01. The number of carbonyl (C=O) groups excluding carboxylic acids is 1. The molecule has 0 atom stereocenters. The van der Waals surface area contributed by atoms with E-state index in [9.17, 15) is 4.79 Å². The SMILES string of the molecule is Cc1nnc(CN(C)C(=O)c2ccc(COc3ccc(Br)cc3)o2)n1C. The minimum absolute atomic E-state index is 0.222. The van der Waals surface area contributed by atoms with Crippen molar-refractivity contribution in [2.45, 2.75) is 20.1 Å². The number of amides is 1. The van der Waals surface area contributed by atoms with Gasteiger partial charge >= 0.3 is 0 Å². The van der Waals surface area contributed by atoms with Crippen LogP contribution in [0.4, 0.5) is 0 Å². The fourth-order valence-corrected chi connectivity index (χ4v) is 2.58. The number of aromatic nitrogens is 3. The predicted molar refractivity (Wildman–Crippen MR) is 98.7 cm³/mol. The highest BCUT2D eigenvalue weighted by Crippen LogP contribution is 2.18. The molecule has 26 heavy (non-hydrogen) atoms. The lowest BCUT2D eigenvalue weighted by Crippen LogP contribution is -2.27. The molecule has 3 aromatic rings. The molecule has 0 aliphatic carbocycles. The number of aryl methyl sites for hydroxylation is 1. The molecule has 0 radical (unpaired) electrons. The fourth-order valence-electron chi connectivity index (χ4n) is 2.32. The van der Waals surface area contributed by atoms with Gasteiger partial charge in [0.15, 0.2) is 11.6 Å². The van der Waals surface area contributed by atoms with Crippen molar-refractivity contribution in [2.75, 3.05) is 7.05 Å². The number of hydrogen-bond donors (Lipinski definition) is 0. The van der Waals surface area contributed by atoms with Crippen LogP contribution in [-0.2, 0) is 20.2 Å². The molecule has 0 unspecified atom stereocenters. The van der Waals surface area contributed by atoms with Crippen molar-refractivity contribution in [3.8, 4) is 5.75 Å². The van der Waals surface area contributed by atoms with Crippen molar-refractivity contribution in [3.05, 3.63) is 64.0 Å². The summed E-state index contributed by atoms with van der Waals surface area (Å²) in [5.41, 5.74) is 0. The number of halogens is 1. The number of rotatable bonds is 6. The van der Waals surface area contributed by atoms with Crippen LogP contribution in [0.25, 0.3) is 0 Å². The van der Waals surface area contributed by atoms with Crippen LogP contribution in [-0.4, -0.2) is 32.6 Å². The first-order chi connectivity index (χ1) is 12.4. The molecule has 0 aliphatic rings. The third kappa shape index (κ3) is 4.13. The van der Waals surface area contributed by atoms with E-state index in [4.69, 9.17) is 9.15 Å². The highest BCUT2D eigenvalue weighted by Gasteiger charge is 2.18. The molecule has 0 fully saturated rings. The van der Waals surface area contributed by atoms with E-state index >= 15 is 0 Å². The van der Waals surface area contributed by atoms with E-state index in [0.717, 1.165) is 16.0 Å². The van der Waals surface area contributed by atoms with Crippen molar-refractivity contribution in [3.63, 3.8) is 0 Å². The highest BCUT2D eigenvalue weighted by molar-refractivity contribution is 9.10. The molecule has 2 heterocycles. The lowest BCUT2D eigenvalue weighted by molar-refractivity contribution is 0.0744. The molecular weight excluding hydrogens is 400 g/mol. The second-order valence-corrected chi connectivity index (χ2v) is 6.81. The van der Waals surface area contributed by atoms with Gasteiger partial charge in [0.2, 0.25) is 0 Å². The molecule has 0 saturated heterocycles. The zero-order valence-electron chi connectivity index (χ0n) is 14.8. The topological polar surface area (TPSA) is 73.4 Å². The van der Waals surface area contributed by atoms with E-state index in [1.165, 1.54) is 0 Å². The van der Waals surface area contributed by atoms with Crippen molar-refractivity contribution in [1.82, 2.24) is 19.7 Å². The second kappa shape index (κ2) is 7.74. The lowest BCUT2D eigenvalue weighted by Gasteiger charge is -2.15. The standard InChI is InChI=1S/C18H19BrN4O3/c1-12-20-21-17(23(12)3)10-22(2)18(24)16-9-8-15(26-16)11-25-14-6-4-13(19)5-7-14/h4-9H,10-11H2,1-3H3. The Bertz CT molecular complexity index is 902. The summed E-state index contributed by atoms with van der Waals surface area (Å²) in [6.07, 6.45) is 0. The normalized spacial score (nSPS) is 10.8. The Balaban J connectivity index is 1.60. The van der Waals surface area contributed by atoms with E-state index in [0.29, 0.717) is 18.1 Å². The van der Waals surface area contributed by atoms with Crippen molar-refractivity contribution in [1.29, 1.82) is 0 Å². The van der Waals surface area contributed by atoms with Crippen LogP contribution >= 0.6 is 15.9 Å². The number of nitrogens with zero attached hydrogens (tertiary/aromatic N) is 4. The van der Waals surface area contributed by atoms with Crippen LogP contribution in [0.15, 0.2) is 45.3 Å². The van der Waals surface area contributed by atoms with Gasteiger partial charge in [0.05, 0.1) is 6.54 Å². The molecule has 0 spiro atoms. The highest BCUT2D eigenvalue weighted by atomic mass is 79.9. The Hall–Kier alpha value is -2.61. The molecule has 0 aliphatic heterocycles. The number of ether oxygens (including phenoxy) is 1. The number of carbonyl (C=O) groups is 1. The van der Waals surface area contributed by atoms with Gasteiger partial charge in [0.1, 0.15) is 23.9 Å². The first-order valence-corrected chi connectivity index (χ1v) is 8.80. The van der Waals surface area contributed by atoms with Gasteiger partial charge in [-0.3, -0.25) is 4.79 Å². The average Bonchev–Trinajstić information content (AvgIpc) is 3.23. The molecule has 0 bridgehead atoms. The number of benzene rings is 1.